The first-order valence-corrected chi connectivity index (χ1v) is 9.16. The van der Waals surface area contributed by atoms with Crippen molar-refractivity contribution in [3.05, 3.63) is 51.7 Å². The number of aliphatic carboxylic acids is 1. The monoisotopic (exact) mass is 345 g/mol. The highest BCUT2D eigenvalue weighted by molar-refractivity contribution is 7.10. The van der Waals surface area contributed by atoms with Crippen molar-refractivity contribution in [2.75, 3.05) is 13.7 Å². The Balaban J connectivity index is 2.08. The summed E-state index contributed by atoms with van der Waals surface area (Å²) in [7, 11) is 1.66. The molecule has 1 saturated heterocycles. The van der Waals surface area contributed by atoms with E-state index in [1.54, 1.807) is 18.4 Å². The summed E-state index contributed by atoms with van der Waals surface area (Å²) in [5.74, 6) is 0.0763. The van der Waals surface area contributed by atoms with Gasteiger partial charge in [-0.05, 0) is 61.0 Å². The van der Waals surface area contributed by atoms with Crippen LogP contribution in [0.4, 0.5) is 0 Å². The molecule has 0 spiro atoms. The number of thiophene rings is 1. The third kappa shape index (κ3) is 3.32. The Morgan fingerprint density at radius 3 is 2.88 bits per heavy atom. The van der Waals surface area contributed by atoms with Crippen molar-refractivity contribution in [2.24, 2.45) is 0 Å². The second kappa shape index (κ2) is 7.36. The maximum absolute atomic E-state index is 11.8. The number of benzene rings is 1. The van der Waals surface area contributed by atoms with Gasteiger partial charge in [-0.15, -0.1) is 11.3 Å². The molecule has 0 radical (unpaired) electrons. The molecule has 2 heterocycles. The number of aryl methyl sites for hydroxylation is 1. The smallest absolute Gasteiger partial charge is 0.320 e. The van der Waals surface area contributed by atoms with Crippen LogP contribution in [0.25, 0.3) is 0 Å². The summed E-state index contributed by atoms with van der Waals surface area (Å²) in [6.07, 6.45) is 2.72. The van der Waals surface area contributed by atoms with Crippen LogP contribution in [0.1, 0.15) is 41.3 Å². The first kappa shape index (κ1) is 17.0. The molecule has 0 amide bonds. The molecule has 1 fully saturated rings. The molecule has 0 aliphatic carbocycles. The molecule has 128 valence electrons. The van der Waals surface area contributed by atoms with Crippen LogP contribution in [0.3, 0.4) is 0 Å². The Bertz CT molecular complexity index is 712. The molecule has 1 aliphatic heterocycles. The van der Waals surface area contributed by atoms with Crippen molar-refractivity contribution in [1.29, 1.82) is 0 Å². The van der Waals surface area contributed by atoms with Gasteiger partial charge in [-0.3, -0.25) is 9.69 Å². The van der Waals surface area contributed by atoms with Crippen LogP contribution in [0, 0.1) is 6.92 Å². The van der Waals surface area contributed by atoms with Crippen molar-refractivity contribution < 1.29 is 14.6 Å². The number of likely N-dealkylation sites (tertiary alicyclic amines) is 1. The Kier molecular flexibility index (Phi) is 5.21. The van der Waals surface area contributed by atoms with Gasteiger partial charge in [0.1, 0.15) is 11.8 Å². The molecule has 3 rings (SSSR count). The SMILES string of the molecule is COc1cccc(C(c2sccc2C)N2CCCCC2C(=O)O)c1. The fourth-order valence-corrected chi connectivity index (χ4v) is 4.57. The van der Waals surface area contributed by atoms with Gasteiger partial charge in [0.25, 0.3) is 0 Å². The minimum atomic E-state index is -0.725. The Morgan fingerprint density at radius 2 is 2.21 bits per heavy atom. The van der Waals surface area contributed by atoms with Gasteiger partial charge in [0.15, 0.2) is 0 Å². The molecule has 0 saturated carbocycles. The van der Waals surface area contributed by atoms with Gasteiger partial charge >= 0.3 is 5.97 Å². The lowest BCUT2D eigenvalue weighted by atomic mass is 9.94. The number of carboxylic acid groups (broad SMARTS) is 1. The van der Waals surface area contributed by atoms with Crippen LogP contribution in [-0.2, 0) is 4.79 Å². The number of carboxylic acids is 1. The first-order valence-electron chi connectivity index (χ1n) is 8.28. The molecule has 24 heavy (non-hydrogen) atoms. The summed E-state index contributed by atoms with van der Waals surface area (Å²) in [5.41, 5.74) is 2.30. The highest BCUT2D eigenvalue weighted by atomic mass is 32.1. The summed E-state index contributed by atoms with van der Waals surface area (Å²) >= 11 is 1.70. The number of hydrogen-bond acceptors (Lipinski definition) is 4. The van der Waals surface area contributed by atoms with Gasteiger partial charge in [-0.1, -0.05) is 18.6 Å². The van der Waals surface area contributed by atoms with Crippen molar-refractivity contribution in [1.82, 2.24) is 4.90 Å². The number of hydrogen-bond donors (Lipinski definition) is 1. The summed E-state index contributed by atoms with van der Waals surface area (Å²) < 4.78 is 5.38. The lowest BCUT2D eigenvalue weighted by Gasteiger charge is -2.39. The van der Waals surface area contributed by atoms with Gasteiger partial charge in [0.05, 0.1) is 13.2 Å². The minimum Gasteiger partial charge on any atom is -0.497 e. The van der Waals surface area contributed by atoms with E-state index in [9.17, 15) is 9.90 Å². The Hall–Kier alpha value is -1.85. The van der Waals surface area contributed by atoms with Gasteiger partial charge in [-0.2, -0.15) is 0 Å². The summed E-state index contributed by atoms with van der Waals surface area (Å²) in [6.45, 7) is 2.90. The van der Waals surface area contributed by atoms with Gasteiger partial charge in [0.2, 0.25) is 0 Å². The molecule has 1 N–H and O–H groups in total. The zero-order valence-electron chi connectivity index (χ0n) is 14.1. The summed E-state index contributed by atoms with van der Waals surface area (Å²) in [4.78, 5) is 15.2. The predicted molar refractivity (Wildman–Crippen MR) is 95.9 cm³/mol. The molecule has 2 atom stereocenters. The van der Waals surface area contributed by atoms with Gasteiger partial charge in [0, 0.05) is 4.88 Å². The number of piperidine rings is 1. The molecule has 2 unspecified atom stereocenters. The number of methoxy groups -OCH3 is 1. The van der Waals surface area contributed by atoms with E-state index in [1.165, 1.54) is 10.4 Å². The highest BCUT2D eigenvalue weighted by Crippen LogP contribution is 2.39. The van der Waals surface area contributed by atoms with E-state index in [4.69, 9.17) is 4.74 Å². The normalized spacial score (nSPS) is 19.8. The molecule has 1 aromatic carbocycles. The average molecular weight is 345 g/mol. The first-order chi connectivity index (χ1) is 11.6. The van der Waals surface area contributed by atoms with E-state index in [0.717, 1.165) is 30.7 Å². The lowest BCUT2D eigenvalue weighted by molar-refractivity contribution is -0.145. The van der Waals surface area contributed by atoms with Crippen LogP contribution in [0.5, 0.6) is 5.75 Å². The quantitative estimate of drug-likeness (QED) is 0.886. The van der Waals surface area contributed by atoms with Crippen LogP contribution in [0.2, 0.25) is 0 Å². The molecule has 1 aliphatic rings. The van der Waals surface area contributed by atoms with Crippen LogP contribution in [0.15, 0.2) is 35.7 Å². The number of carbonyl (C=O) groups is 1. The fraction of sp³-hybridized carbons (Fsp3) is 0.421. The molecule has 0 bridgehead atoms. The molecule has 1 aromatic heterocycles. The van der Waals surface area contributed by atoms with E-state index in [-0.39, 0.29) is 6.04 Å². The zero-order chi connectivity index (χ0) is 17.1. The molecule has 5 heteroatoms. The van der Waals surface area contributed by atoms with Gasteiger partial charge in [-0.25, -0.2) is 0 Å². The third-order valence-corrected chi connectivity index (χ3v) is 5.79. The number of rotatable bonds is 5. The third-order valence-electron chi connectivity index (χ3n) is 4.72. The number of nitrogens with zero attached hydrogens (tertiary/aromatic N) is 1. The van der Waals surface area contributed by atoms with Crippen molar-refractivity contribution in [3.63, 3.8) is 0 Å². The number of ether oxygens (including phenoxy) is 1. The van der Waals surface area contributed by atoms with E-state index >= 15 is 0 Å². The van der Waals surface area contributed by atoms with Crippen LogP contribution >= 0.6 is 11.3 Å². The second-order valence-corrected chi connectivity index (χ2v) is 7.18. The van der Waals surface area contributed by atoms with E-state index in [1.807, 2.05) is 18.2 Å². The highest BCUT2D eigenvalue weighted by Gasteiger charge is 2.36. The lowest BCUT2D eigenvalue weighted by Crippen LogP contribution is -2.46. The van der Waals surface area contributed by atoms with Crippen molar-refractivity contribution in [3.8, 4) is 5.75 Å². The average Bonchev–Trinajstić information content (AvgIpc) is 3.01. The molecular weight excluding hydrogens is 322 g/mol. The molecule has 2 aromatic rings. The summed E-state index contributed by atoms with van der Waals surface area (Å²) in [6, 6.07) is 9.62. The van der Waals surface area contributed by atoms with E-state index in [2.05, 4.69) is 29.3 Å². The predicted octanol–water partition coefficient (Wildman–Crippen LogP) is 4.09. The van der Waals surface area contributed by atoms with Gasteiger partial charge < -0.3 is 9.84 Å². The van der Waals surface area contributed by atoms with Crippen molar-refractivity contribution >= 4 is 17.3 Å². The fourth-order valence-electron chi connectivity index (χ4n) is 3.50. The molecular formula is C19H23NO3S. The molecule has 4 nitrogen and oxygen atoms in total. The van der Waals surface area contributed by atoms with Crippen LogP contribution in [-0.4, -0.2) is 35.7 Å². The largest absolute Gasteiger partial charge is 0.497 e. The summed E-state index contributed by atoms with van der Waals surface area (Å²) in [5, 5.41) is 11.8. The standard InChI is InChI=1S/C19H23NO3S/c1-13-9-11-24-18(13)17(14-6-5-7-15(12-14)23-2)20-10-4-3-8-16(20)19(21)22/h5-7,9,11-12,16-17H,3-4,8,10H2,1-2H3,(H,21,22). The Morgan fingerprint density at radius 1 is 1.38 bits per heavy atom. The maximum atomic E-state index is 11.8. The second-order valence-electron chi connectivity index (χ2n) is 6.23. The Labute approximate surface area is 146 Å². The topological polar surface area (TPSA) is 49.8 Å². The van der Waals surface area contributed by atoms with Crippen molar-refractivity contribution in [2.45, 2.75) is 38.3 Å². The zero-order valence-corrected chi connectivity index (χ0v) is 14.9. The van der Waals surface area contributed by atoms with E-state index in [0.29, 0.717) is 6.42 Å². The van der Waals surface area contributed by atoms with E-state index < -0.39 is 12.0 Å². The maximum Gasteiger partial charge on any atom is 0.320 e. The van der Waals surface area contributed by atoms with Crippen LogP contribution < -0.4 is 4.74 Å². The minimum absolute atomic E-state index is 0.0403.